The molecule has 0 saturated carbocycles. The van der Waals surface area contributed by atoms with Gasteiger partial charge in [0, 0.05) is 61.1 Å². The summed E-state index contributed by atoms with van der Waals surface area (Å²) in [5.41, 5.74) is 2.55. The van der Waals surface area contributed by atoms with Crippen molar-refractivity contribution in [2.75, 3.05) is 38.5 Å². The van der Waals surface area contributed by atoms with Crippen molar-refractivity contribution in [1.29, 1.82) is 0 Å². The number of rotatable bonds is 5. The molecule has 1 aliphatic heterocycles. The van der Waals surface area contributed by atoms with E-state index in [2.05, 4.69) is 37.2 Å². The highest BCUT2D eigenvalue weighted by atomic mass is 19.4. The van der Waals surface area contributed by atoms with Crippen molar-refractivity contribution < 1.29 is 18.0 Å². The SMILES string of the molecule is CN1CCN(Cc2ccc(NC(=O)Cc3ccc(C#Cc4cnc5[nH]ncc5c4)cc3)cc2C(F)(F)F)CC1. The van der Waals surface area contributed by atoms with Crippen molar-refractivity contribution in [2.45, 2.75) is 19.1 Å². The number of amides is 1. The van der Waals surface area contributed by atoms with Crippen LogP contribution in [0.3, 0.4) is 0 Å². The second kappa shape index (κ2) is 11.3. The molecule has 5 rings (SSSR count). The highest BCUT2D eigenvalue weighted by Gasteiger charge is 2.34. The van der Waals surface area contributed by atoms with Gasteiger partial charge in [-0.15, -0.1) is 0 Å². The van der Waals surface area contributed by atoms with Crippen molar-refractivity contribution in [2.24, 2.45) is 0 Å². The van der Waals surface area contributed by atoms with E-state index in [0.717, 1.165) is 54.3 Å². The summed E-state index contributed by atoms with van der Waals surface area (Å²) in [6.07, 6.45) is -1.14. The van der Waals surface area contributed by atoms with Gasteiger partial charge in [-0.25, -0.2) is 4.98 Å². The summed E-state index contributed by atoms with van der Waals surface area (Å²) in [5, 5.41) is 10.2. The Morgan fingerprint density at radius 1 is 1.00 bits per heavy atom. The van der Waals surface area contributed by atoms with Crippen molar-refractivity contribution in [1.82, 2.24) is 25.0 Å². The maximum absolute atomic E-state index is 13.8. The largest absolute Gasteiger partial charge is 0.416 e. The number of carbonyl (C=O) groups excluding carboxylic acids is 1. The summed E-state index contributed by atoms with van der Waals surface area (Å²) in [4.78, 5) is 21.0. The molecule has 2 aromatic carbocycles. The zero-order valence-electron chi connectivity index (χ0n) is 21.3. The van der Waals surface area contributed by atoms with E-state index in [4.69, 9.17) is 0 Å². The first-order valence-corrected chi connectivity index (χ1v) is 12.5. The fourth-order valence-corrected chi connectivity index (χ4v) is 4.45. The van der Waals surface area contributed by atoms with E-state index in [1.54, 1.807) is 36.7 Å². The lowest BCUT2D eigenvalue weighted by Gasteiger charge is -2.33. The van der Waals surface area contributed by atoms with Gasteiger partial charge in [0.15, 0.2) is 5.65 Å². The fourth-order valence-electron chi connectivity index (χ4n) is 4.45. The summed E-state index contributed by atoms with van der Waals surface area (Å²) in [5.74, 6) is 5.72. The molecule has 0 atom stereocenters. The van der Waals surface area contributed by atoms with Crippen molar-refractivity contribution >= 4 is 22.6 Å². The van der Waals surface area contributed by atoms with E-state index in [9.17, 15) is 18.0 Å². The second-order valence-corrected chi connectivity index (χ2v) is 9.65. The zero-order chi connectivity index (χ0) is 27.4. The molecule has 200 valence electrons. The molecule has 10 heteroatoms. The first kappa shape index (κ1) is 26.4. The Balaban J connectivity index is 1.21. The zero-order valence-corrected chi connectivity index (χ0v) is 21.3. The number of likely N-dealkylation sites (N-methyl/N-ethyl adjacent to an activating group) is 1. The molecular formula is C29H27F3N6O. The van der Waals surface area contributed by atoms with Crippen LogP contribution in [-0.2, 0) is 23.9 Å². The Morgan fingerprint density at radius 2 is 1.74 bits per heavy atom. The van der Waals surface area contributed by atoms with E-state index in [-0.39, 0.29) is 24.2 Å². The van der Waals surface area contributed by atoms with Gasteiger partial charge in [-0.05, 0) is 48.5 Å². The van der Waals surface area contributed by atoms with Crippen LogP contribution in [0, 0.1) is 11.8 Å². The molecule has 1 fully saturated rings. The van der Waals surface area contributed by atoms with Crippen LogP contribution in [0.25, 0.3) is 11.0 Å². The Kier molecular flexibility index (Phi) is 7.63. The Morgan fingerprint density at radius 3 is 2.49 bits per heavy atom. The van der Waals surface area contributed by atoms with Crippen molar-refractivity contribution in [3.63, 3.8) is 0 Å². The Hall–Kier alpha value is -4.20. The summed E-state index contributed by atoms with van der Waals surface area (Å²) >= 11 is 0. The number of halogens is 3. The fraction of sp³-hybridized carbons (Fsp3) is 0.276. The number of H-pyrrole nitrogens is 1. The van der Waals surface area contributed by atoms with Crippen molar-refractivity contribution in [3.05, 3.63) is 88.7 Å². The molecule has 0 bridgehead atoms. The van der Waals surface area contributed by atoms with E-state index in [0.29, 0.717) is 5.65 Å². The highest BCUT2D eigenvalue weighted by Crippen LogP contribution is 2.34. The maximum Gasteiger partial charge on any atom is 0.416 e. The molecule has 0 radical (unpaired) electrons. The van der Waals surface area contributed by atoms with E-state index in [1.807, 2.05) is 18.0 Å². The summed E-state index contributed by atoms with van der Waals surface area (Å²) in [7, 11) is 2.00. The van der Waals surface area contributed by atoms with Crippen LogP contribution in [0.2, 0.25) is 0 Å². The standard InChI is InChI=1S/C29H27F3N6O/c1-37-10-12-38(13-11-37)19-23-8-9-25(16-26(23)29(30,31)32)35-27(39)15-21-5-2-20(3-6-21)4-7-22-14-24-18-34-36-28(24)33-17-22/h2-3,5-6,8-9,14,16-18H,10-13,15,19H2,1H3,(H,35,39)(H,33,34,36). The molecule has 2 N–H and O–H groups in total. The third-order valence-corrected chi connectivity index (χ3v) is 6.65. The lowest BCUT2D eigenvalue weighted by atomic mass is 10.0. The monoisotopic (exact) mass is 532 g/mol. The third-order valence-electron chi connectivity index (χ3n) is 6.65. The number of aromatic amines is 1. The van der Waals surface area contributed by atoms with Gasteiger partial charge < -0.3 is 10.2 Å². The quantitative estimate of drug-likeness (QED) is 0.375. The average Bonchev–Trinajstić information content (AvgIpc) is 3.38. The minimum atomic E-state index is -4.51. The van der Waals surface area contributed by atoms with Gasteiger partial charge in [-0.3, -0.25) is 14.8 Å². The first-order valence-electron chi connectivity index (χ1n) is 12.5. The van der Waals surface area contributed by atoms with Gasteiger partial charge in [0.1, 0.15) is 0 Å². The second-order valence-electron chi connectivity index (χ2n) is 9.65. The number of alkyl halides is 3. The normalized spacial score (nSPS) is 14.7. The van der Waals surface area contributed by atoms with Crippen molar-refractivity contribution in [3.8, 4) is 11.8 Å². The number of pyridine rings is 1. The van der Waals surface area contributed by atoms with E-state index < -0.39 is 17.6 Å². The van der Waals surface area contributed by atoms with Crippen LogP contribution in [0.5, 0.6) is 0 Å². The van der Waals surface area contributed by atoms with Crippen LogP contribution in [0.4, 0.5) is 18.9 Å². The number of nitrogens with zero attached hydrogens (tertiary/aromatic N) is 4. The molecule has 1 saturated heterocycles. The number of aromatic nitrogens is 3. The van der Waals surface area contributed by atoms with Crippen LogP contribution in [0.1, 0.15) is 27.8 Å². The average molecular weight is 533 g/mol. The predicted octanol–water partition coefficient (Wildman–Crippen LogP) is 4.31. The molecule has 0 spiro atoms. The van der Waals surface area contributed by atoms with Gasteiger partial charge in [0.25, 0.3) is 0 Å². The lowest BCUT2D eigenvalue weighted by Crippen LogP contribution is -2.44. The van der Waals surface area contributed by atoms with Gasteiger partial charge in [0.2, 0.25) is 5.91 Å². The third kappa shape index (κ3) is 6.82. The van der Waals surface area contributed by atoms with Gasteiger partial charge in [-0.1, -0.05) is 30.0 Å². The number of nitrogens with one attached hydrogen (secondary N) is 2. The maximum atomic E-state index is 13.8. The van der Waals surface area contributed by atoms with Crippen LogP contribution < -0.4 is 5.32 Å². The topological polar surface area (TPSA) is 77.1 Å². The molecule has 0 unspecified atom stereocenters. The molecule has 4 aromatic rings. The van der Waals surface area contributed by atoms with Crippen LogP contribution >= 0.6 is 0 Å². The number of piperazine rings is 1. The van der Waals surface area contributed by atoms with Crippen LogP contribution in [0.15, 0.2) is 60.9 Å². The highest BCUT2D eigenvalue weighted by molar-refractivity contribution is 5.92. The summed E-state index contributed by atoms with van der Waals surface area (Å²) < 4.78 is 41.5. The van der Waals surface area contributed by atoms with Gasteiger partial charge in [-0.2, -0.15) is 18.3 Å². The molecular weight excluding hydrogens is 505 g/mol. The van der Waals surface area contributed by atoms with E-state index >= 15 is 0 Å². The number of anilines is 1. The predicted molar refractivity (Wildman–Crippen MR) is 143 cm³/mol. The Labute approximate surface area is 224 Å². The van der Waals surface area contributed by atoms with Crippen LogP contribution in [-0.4, -0.2) is 64.1 Å². The number of carbonyl (C=O) groups is 1. The number of fused-ring (bicyclic) bond motifs is 1. The number of hydrogen-bond acceptors (Lipinski definition) is 5. The molecule has 39 heavy (non-hydrogen) atoms. The smallest absolute Gasteiger partial charge is 0.326 e. The molecule has 7 nitrogen and oxygen atoms in total. The Bertz CT molecular complexity index is 1530. The lowest BCUT2D eigenvalue weighted by molar-refractivity contribution is -0.138. The molecule has 1 amide bonds. The molecule has 3 heterocycles. The molecule has 2 aromatic heterocycles. The number of benzene rings is 2. The summed E-state index contributed by atoms with van der Waals surface area (Å²) in [6.45, 7) is 3.30. The number of hydrogen-bond donors (Lipinski definition) is 2. The minimum Gasteiger partial charge on any atom is -0.326 e. The molecule has 1 aliphatic rings. The first-order chi connectivity index (χ1) is 18.7. The summed E-state index contributed by atoms with van der Waals surface area (Å²) in [6, 6.07) is 13.1. The van der Waals surface area contributed by atoms with E-state index in [1.165, 1.54) is 12.1 Å². The minimum absolute atomic E-state index is 0.0270. The van der Waals surface area contributed by atoms with Gasteiger partial charge in [0.05, 0.1) is 18.2 Å². The van der Waals surface area contributed by atoms with Gasteiger partial charge >= 0.3 is 6.18 Å². The molecule has 0 aliphatic carbocycles.